The van der Waals surface area contributed by atoms with E-state index in [0.29, 0.717) is 6.61 Å². The summed E-state index contributed by atoms with van der Waals surface area (Å²) < 4.78 is 8.71. The van der Waals surface area contributed by atoms with Crippen LogP contribution in [0.3, 0.4) is 0 Å². The molecule has 1 aromatic carbocycles. The van der Waals surface area contributed by atoms with Crippen molar-refractivity contribution in [2.24, 2.45) is 0 Å². The first kappa shape index (κ1) is 12.2. The van der Waals surface area contributed by atoms with Gasteiger partial charge in [-0.2, -0.15) is 0 Å². The molecule has 0 fully saturated rings. The minimum Gasteiger partial charge on any atom is -0.485 e. The van der Waals surface area contributed by atoms with Crippen LogP contribution in [0.15, 0.2) is 53.3 Å². The summed E-state index contributed by atoms with van der Waals surface area (Å²) in [6.07, 6.45) is 1.99. The first-order valence-corrected chi connectivity index (χ1v) is 6.85. The molecule has 0 saturated heterocycles. The highest BCUT2D eigenvalue weighted by Gasteiger charge is 2.09. The molecule has 96 valence electrons. The third kappa shape index (κ3) is 2.36. The fraction of sp³-hybridized carbons (Fsp3) is 0.133. The predicted octanol–water partition coefficient (Wildman–Crippen LogP) is 3.98. The number of rotatable bonds is 3. The minimum atomic E-state index is 0.446. The van der Waals surface area contributed by atoms with Gasteiger partial charge in [0.1, 0.15) is 17.0 Å². The quantitative estimate of drug-likeness (QED) is 0.730. The minimum absolute atomic E-state index is 0.446. The fourth-order valence-electron chi connectivity index (χ4n) is 2.02. The molecule has 3 aromatic rings. The van der Waals surface area contributed by atoms with Crippen LogP contribution in [-0.2, 0) is 6.61 Å². The van der Waals surface area contributed by atoms with Crippen LogP contribution in [0.4, 0.5) is 0 Å². The van der Waals surface area contributed by atoms with Crippen molar-refractivity contribution < 1.29 is 4.74 Å². The Morgan fingerprint density at radius 3 is 2.79 bits per heavy atom. The molecule has 0 N–H and O–H groups in total. The van der Waals surface area contributed by atoms with Crippen molar-refractivity contribution >= 4 is 21.4 Å². The lowest BCUT2D eigenvalue weighted by Crippen LogP contribution is -2.01. The van der Waals surface area contributed by atoms with E-state index in [4.69, 9.17) is 4.74 Å². The molecule has 0 spiro atoms. The van der Waals surface area contributed by atoms with Gasteiger partial charge in [-0.1, -0.05) is 24.3 Å². The molecule has 0 unspecified atom stereocenters. The molecule has 3 rings (SSSR count). The molecular formula is C15H13BrN2O. The molecule has 0 saturated carbocycles. The van der Waals surface area contributed by atoms with Gasteiger partial charge in [-0.15, -0.1) is 0 Å². The number of halogens is 1. The van der Waals surface area contributed by atoms with Gasteiger partial charge < -0.3 is 4.74 Å². The van der Waals surface area contributed by atoms with Gasteiger partial charge in [-0.05, 0) is 46.6 Å². The van der Waals surface area contributed by atoms with Gasteiger partial charge in [-0.3, -0.25) is 4.40 Å². The summed E-state index contributed by atoms with van der Waals surface area (Å²) in [5.74, 6) is 1.78. The van der Waals surface area contributed by atoms with Crippen molar-refractivity contribution in [2.45, 2.75) is 13.5 Å². The number of benzene rings is 1. The molecule has 0 aliphatic heterocycles. The highest BCUT2D eigenvalue weighted by molar-refractivity contribution is 9.10. The Labute approximate surface area is 120 Å². The maximum absolute atomic E-state index is 5.84. The number of pyridine rings is 1. The van der Waals surface area contributed by atoms with E-state index < -0.39 is 0 Å². The Kier molecular flexibility index (Phi) is 3.25. The Morgan fingerprint density at radius 1 is 1.16 bits per heavy atom. The van der Waals surface area contributed by atoms with Crippen molar-refractivity contribution in [2.75, 3.05) is 0 Å². The van der Waals surface area contributed by atoms with Gasteiger partial charge >= 0.3 is 0 Å². The summed E-state index contributed by atoms with van der Waals surface area (Å²) >= 11 is 3.47. The van der Waals surface area contributed by atoms with Crippen LogP contribution >= 0.6 is 15.9 Å². The molecular weight excluding hydrogens is 304 g/mol. The second kappa shape index (κ2) is 5.05. The van der Waals surface area contributed by atoms with E-state index in [1.807, 2.05) is 60.0 Å². The van der Waals surface area contributed by atoms with E-state index >= 15 is 0 Å². The summed E-state index contributed by atoms with van der Waals surface area (Å²) in [4.78, 5) is 4.49. The Morgan fingerprint density at radius 2 is 1.95 bits per heavy atom. The molecule has 0 bridgehead atoms. The van der Waals surface area contributed by atoms with Gasteiger partial charge in [0.2, 0.25) is 0 Å². The molecule has 0 radical (unpaired) electrons. The van der Waals surface area contributed by atoms with Crippen LogP contribution in [0.1, 0.15) is 11.4 Å². The van der Waals surface area contributed by atoms with Crippen LogP contribution in [0.25, 0.3) is 5.52 Å². The van der Waals surface area contributed by atoms with Crippen molar-refractivity contribution in [1.82, 2.24) is 9.38 Å². The molecule has 0 aliphatic rings. The molecule has 4 heteroatoms. The van der Waals surface area contributed by atoms with E-state index in [1.165, 1.54) is 0 Å². The number of aryl methyl sites for hydroxylation is 1. The van der Waals surface area contributed by atoms with Crippen LogP contribution in [0.2, 0.25) is 0 Å². The summed E-state index contributed by atoms with van der Waals surface area (Å²) in [5, 5.41) is 0. The number of para-hydroxylation sites is 1. The van der Waals surface area contributed by atoms with E-state index in [-0.39, 0.29) is 0 Å². The summed E-state index contributed by atoms with van der Waals surface area (Å²) in [7, 11) is 0. The third-order valence-electron chi connectivity index (χ3n) is 3.03. The summed E-state index contributed by atoms with van der Waals surface area (Å²) in [6, 6.07) is 14.0. The number of nitrogens with zero attached hydrogens (tertiary/aromatic N) is 2. The molecule has 0 amide bonds. The Bertz CT molecular complexity index is 721. The molecule has 19 heavy (non-hydrogen) atoms. The van der Waals surface area contributed by atoms with Gasteiger partial charge in [0.05, 0.1) is 5.52 Å². The highest BCUT2D eigenvalue weighted by Crippen LogP contribution is 2.21. The molecule has 2 aromatic heterocycles. The second-order valence-corrected chi connectivity index (χ2v) is 5.08. The summed E-state index contributed by atoms with van der Waals surface area (Å²) in [6.45, 7) is 2.48. The van der Waals surface area contributed by atoms with Gasteiger partial charge in [0.15, 0.2) is 5.82 Å². The number of imidazole rings is 1. The smallest absolute Gasteiger partial charge is 0.152 e. The molecule has 0 atom stereocenters. The SMILES string of the molecule is Cc1ccccc1OCc1nc(Br)c2ccccn12. The number of fused-ring (bicyclic) bond motifs is 1. The number of hydrogen-bond donors (Lipinski definition) is 0. The van der Waals surface area contributed by atoms with Crippen LogP contribution in [0, 0.1) is 6.92 Å². The van der Waals surface area contributed by atoms with Crippen molar-refractivity contribution in [3.63, 3.8) is 0 Å². The lowest BCUT2D eigenvalue weighted by Gasteiger charge is -2.07. The van der Waals surface area contributed by atoms with Gasteiger partial charge in [-0.25, -0.2) is 4.98 Å². The molecule has 3 nitrogen and oxygen atoms in total. The molecule has 0 aliphatic carbocycles. The van der Waals surface area contributed by atoms with Gasteiger partial charge in [0, 0.05) is 6.20 Å². The largest absolute Gasteiger partial charge is 0.485 e. The lowest BCUT2D eigenvalue weighted by atomic mass is 10.2. The van der Waals surface area contributed by atoms with E-state index in [9.17, 15) is 0 Å². The zero-order chi connectivity index (χ0) is 13.2. The predicted molar refractivity (Wildman–Crippen MR) is 78.4 cm³/mol. The van der Waals surface area contributed by atoms with Crippen LogP contribution in [0.5, 0.6) is 5.75 Å². The van der Waals surface area contributed by atoms with Gasteiger partial charge in [0.25, 0.3) is 0 Å². The molecule has 2 heterocycles. The zero-order valence-corrected chi connectivity index (χ0v) is 12.1. The van der Waals surface area contributed by atoms with Crippen molar-refractivity contribution in [3.8, 4) is 5.75 Å². The van der Waals surface area contributed by atoms with Crippen molar-refractivity contribution in [1.29, 1.82) is 0 Å². The highest BCUT2D eigenvalue weighted by atomic mass is 79.9. The average Bonchev–Trinajstić information content (AvgIpc) is 2.75. The number of aromatic nitrogens is 2. The summed E-state index contributed by atoms with van der Waals surface area (Å²) in [5.41, 5.74) is 2.17. The number of hydrogen-bond acceptors (Lipinski definition) is 2. The zero-order valence-electron chi connectivity index (χ0n) is 10.5. The van der Waals surface area contributed by atoms with E-state index in [1.54, 1.807) is 0 Å². The fourth-order valence-corrected chi connectivity index (χ4v) is 2.55. The average molecular weight is 317 g/mol. The van der Waals surface area contributed by atoms with Crippen LogP contribution in [-0.4, -0.2) is 9.38 Å². The van der Waals surface area contributed by atoms with E-state index in [2.05, 4.69) is 20.9 Å². The normalized spacial score (nSPS) is 10.8. The topological polar surface area (TPSA) is 26.5 Å². The standard InChI is InChI=1S/C15H13BrN2O/c1-11-6-2-3-8-13(11)19-10-14-17-15(16)12-7-4-5-9-18(12)14/h2-9H,10H2,1H3. The monoisotopic (exact) mass is 316 g/mol. The lowest BCUT2D eigenvalue weighted by molar-refractivity contribution is 0.293. The Hall–Kier alpha value is -1.81. The maximum atomic E-state index is 5.84. The van der Waals surface area contributed by atoms with Crippen LogP contribution < -0.4 is 4.74 Å². The first-order chi connectivity index (χ1) is 9.25. The van der Waals surface area contributed by atoms with Crippen molar-refractivity contribution in [3.05, 3.63) is 64.7 Å². The van der Waals surface area contributed by atoms with E-state index in [0.717, 1.165) is 27.3 Å². The first-order valence-electron chi connectivity index (χ1n) is 6.05. The maximum Gasteiger partial charge on any atom is 0.152 e. The third-order valence-corrected chi connectivity index (χ3v) is 3.61. The number of ether oxygens (including phenoxy) is 1. The Balaban J connectivity index is 1.88. The second-order valence-electron chi connectivity index (χ2n) is 4.33.